The van der Waals surface area contributed by atoms with Gasteiger partial charge in [-0.3, -0.25) is 9.59 Å². The highest BCUT2D eigenvalue weighted by atomic mass is 16.4. The molecule has 1 aromatic heterocycles. The van der Waals surface area contributed by atoms with Crippen LogP contribution in [0.4, 0.5) is 0 Å². The summed E-state index contributed by atoms with van der Waals surface area (Å²) in [6.45, 7) is 3.86. The van der Waals surface area contributed by atoms with Crippen LogP contribution in [0.1, 0.15) is 48.7 Å². The summed E-state index contributed by atoms with van der Waals surface area (Å²) < 4.78 is 5.82. The van der Waals surface area contributed by atoms with Crippen molar-refractivity contribution in [3.05, 3.63) is 35.6 Å². The topological polar surface area (TPSA) is 70.8 Å². The molecule has 1 amide bonds. The molecule has 2 bridgehead atoms. The minimum absolute atomic E-state index is 0.00728. The maximum absolute atomic E-state index is 13.1. The third-order valence-electron chi connectivity index (χ3n) is 5.98. The number of fused-ring (bicyclic) bond motifs is 3. The molecule has 2 aliphatic rings. The predicted molar refractivity (Wildman–Crippen MR) is 88.9 cm³/mol. The van der Waals surface area contributed by atoms with E-state index in [1.165, 1.54) is 0 Å². The highest BCUT2D eigenvalue weighted by molar-refractivity contribution is 5.98. The van der Waals surface area contributed by atoms with Gasteiger partial charge in [-0.2, -0.15) is 0 Å². The van der Waals surface area contributed by atoms with Crippen molar-refractivity contribution in [2.24, 2.45) is 5.41 Å². The van der Waals surface area contributed by atoms with Crippen molar-refractivity contribution in [2.75, 3.05) is 0 Å². The Morgan fingerprint density at radius 3 is 2.79 bits per heavy atom. The van der Waals surface area contributed by atoms with Gasteiger partial charge in [-0.25, -0.2) is 0 Å². The molecule has 3 atom stereocenters. The van der Waals surface area contributed by atoms with E-state index in [4.69, 9.17) is 4.42 Å². The summed E-state index contributed by atoms with van der Waals surface area (Å²) in [5.74, 6) is -0.640. The Kier molecular flexibility index (Phi) is 3.24. The zero-order valence-electron chi connectivity index (χ0n) is 13.9. The van der Waals surface area contributed by atoms with Crippen LogP contribution >= 0.6 is 0 Å². The largest absolute Gasteiger partial charge is 0.481 e. The minimum Gasteiger partial charge on any atom is -0.481 e. The second-order valence-corrected chi connectivity index (χ2v) is 7.08. The van der Waals surface area contributed by atoms with Crippen molar-refractivity contribution in [3.63, 3.8) is 0 Å². The van der Waals surface area contributed by atoms with Crippen LogP contribution in [0.15, 0.2) is 28.7 Å². The number of nitrogens with zero attached hydrogens (tertiary/aromatic N) is 1. The van der Waals surface area contributed by atoms with Gasteiger partial charge in [0.15, 0.2) is 5.76 Å². The Morgan fingerprint density at radius 2 is 2.17 bits per heavy atom. The van der Waals surface area contributed by atoms with E-state index < -0.39 is 11.4 Å². The van der Waals surface area contributed by atoms with Gasteiger partial charge in [0, 0.05) is 17.5 Å². The zero-order valence-corrected chi connectivity index (χ0v) is 13.9. The lowest BCUT2D eigenvalue weighted by Gasteiger charge is -2.32. The number of hydrogen-bond donors (Lipinski definition) is 1. The van der Waals surface area contributed by atoms with E-state index in [0.29, 0.717) is 18.6 Å². The first kappa shape index (κ1) is 15.2. The molecule has 5 nitrogen and oxygen atoms in total. The van der Waals surface area contributed by atoms with E-state index in [9.17, 15) is 14.7 Å². The highest BCUT2D eigenvalue weighted by Crippen LogP contribution is 2.52. The van der Waals surface area contributed by atoms with Crippen molar-refractivity contribution >= 4 is 22.8 Å². The van der Waals surface area contributed by atoms with Crippen LogP contribution in [-0.4, -0.2) is 34.0 Å². The van der Waals surface area contributed by atoms with Crippen LogP contribution in [0.5, 0.6) is 0 Å². The van der Waals surface area contributed by atoms with Gasteiger partial charge < -0.3 is 14.4 Å². The fraction of sp³-hybridized carbons (Fsp3) is 0.474. The molecule has 1 N–H and O–H groups in total. The molecule has 0 spiro atoms. The number of aliphatic carboxylic acids is 1. The lowest BCUT2D eigenvalue weighted by molar-refractivity contribution is -0.151. The highest BCUT2D eigenvalue weighted by Gasteiger charge is 2.60. The number of carbonyl (C=O) groups excluding carboxylic acids is 1. The number of carboxylic acid groups (broad SMARTS) is 1. The van der Waals surface area contributed by atoms with Crippen LogP contribution < -0.4 is 0 Å². The maximum atomic E-state index is 13.1. The molecule has 24 heavy (non-hydrogen) atoms. The molecule has 0 aliphatic carbocycles. The smallest absolute Gasteiger partial charge is 0.311 e. The van der Waals surface area contributed by atoms with Gasteiger partial charge in [-0.1, -0.05) is 25.1 Å². The Balaban J connectivity index is 1.72. The summed E-state index contributed by atoms with van der Waals surface area (Å²) in [4.78, 5) is 26.7. The fourth-order valence-electron chi connectivity index (χ4n) is 4.69. The van der Waals surface area contributed by atoms with Crippen molar-refractivity contribution in [3.8, 4) is 0 Å². The number of carboxylic acids is 1. The van der Waals surface area contributed by atoms with E-state index in [1.807, 2.05) is 32.0 Å². The molecular weight excluding hydrogens is 306 g/mol. The average Bonchev–Trinajstić information content (AvgIpc) is 3.25. The van der Waals surface area contributed by atoms with Crippen LogP contribution in [0.3, 0.4) is 0 Å². The van der Waals surface area contributed by atoms with E-state index in [2.05, 4.69) is 0 Å². The van der Waals surface area contributed by atoms with Gasteiger partial charge in [-0.05, 0) is 44.2 Å². The van der Waals surface area contributed by atoms with E-state index in [0.717, 1.165) is 29.4 Å². The molecule has 0 unspecified atom stereocenters. The van der Waals surface area contributed by atoms with Crippen molar-refractivity contribution < 1.29 is 19.1 Å². The van der Waals surface area contributed by atoms with Crippen LogP contribution in [0.25, 0.3) is 11.0 Å². The summed E-state index contributed by atoms with van der Waals surface area (Å²) in [5, 5.41) is 10.7. The molecule has 4 rings (SSSR count). The molecule has 5 heteroatoms. The summed E-state index contributed by atoms with van der Waals surface area (Å²) in [7, 11) is 0. The standard InChI is InChI=1S/C19H21NO4/c1-3-19(18(22)23)10-13-7-8-15(19)20(13)17(21)14-9-12-6-4-5-11(2)16(12)24-14/h4-6,9,13,15H,3,7-8,10H2,1-2H3,(H,22,23)/t13-,15+,19+/m0/s1. The van der Waals surface area contributed by atoms with Crippen molar-refractivity contribution in [1.29, 1.82) is 0 Å². The Labute approximate surface area is 140 Å². The van der Waals surface area contributed by atoms with Crippen LogP contribution in [0, 0.1) is 12.3 Å². The quantitative estimate of drug-likeness (QED) is 0.935. The monoisotopic (exact) mass is 327 g/mol. The van der Waals surface area contributed by atoms with Gasteiger partial charge >= 0.3 is 5.97 Å². The van der Waals surface area contributed by atoms with Gasteiger partial charge in [0.2, 0.25) is 0 Å². The molecule has 1 aromatic carbocycles. The lowest BCUT2D eigenvalue weighted by atomic mass is 9.72. The van der Waals surface area contributed by atoms with Crippen molar-refractivity contribution in [2.45, 2.75) is 51.6 Å². The number of furan rings is 1. The number of aryl methyl sites for hydroxylation is 1. The van der Waals surface area contributed by atoms with Gasteiger partial charge in [0.1, 0.15) is 5.58 Å². The minimum atomic E-state index is -0.805. The van der Waals surface area contributed by atoms with E-state index in [1.54, 1.807) is 11.0 Å². The van der Waals surface area contributed by atoms with Gasteiger partial charge in [0.05, 0.1) is 5.41 Å². The number of rotatable bonds is 3. The second-order valence-electron chi connectivity index (χ2n) is 7.08. The number of hydrogen-bond acceptors (Lipinski definition) is 3. The Hall–Kier alpha value is -2.30. The molecule has 0 radical (unpaired) electrons. The molecule has 2 saturated heterocycles. The average molecular weight is 327 g/mol. The van der Waals surface area contributed by atoms with Crippen LogP contribution in [-0.2, 0) is 4.79 Å². The predicted octanol–water partition coefficient (Wildman–Crippen LogP) is 3.60. The molecule has 2 aliphatic heterocycles. The molecule has 0 saturated carbocycles. The summed E-state index contributed by atoms with van der Waals surface area (Å²) in [5.41, 5.74) is 0.914. The number of amides is 1. The number of para-hydroxylation sites is 1. The second kappa shape index (κ2) is 5.10. The zero-order chi connectivity index (χ0) is 17.1. The maximum Gasteiger partial charge on any atom is 0.311 e. The fourth-order valence-corrected chi connectivity index (χ4v) is 4.69. The molecule has 3 heterocycles. The van der Waals surface area contributed by atoms with E-state index in [-0.39, 0.29) is 18.0 Å². The number of carbonyl (C=O) groups is 2. The SMILES string of the molecule is CC[C@@]1(C(=O)O)C[C@@H]2CC[C@H]1N2C(=O)c1cc2cccc(C)c2o1. The molecular formula is C19H21NO4. The first-order chi connectivity index (χ1) is 11.5. The molecule has 2 aromatic rings. The van der Waals surface area contributed by atoms with Crippen LogP contribution in [0.2, 0.25) is 0 Å². The first-order valence-electron chi connectivity index (χ1n) is 8.53. The molecule has 126 valence electrons. The first-order valence-corrected chi connectivity index (χ1v) is 8.53. The molecule has 2 fully saturated rings. The van der Waals surface area contributed by atoms with Gasteiger partial charge in [-0.15, -0.1) is 0 Å². The summed E-state index contributed by atoms with van der Waals surface area (Å²) in [6.07, 6.45) is 2.74. The Bertz CT molecular complexity index is 839. The number of benzene rings is 1. The third-order valence-corrected chi connectivity index (χ3v) is 5.98. The summed E-state index contributed by atoms with van der Waals surface area (Å²) >= 11 is 0. The lowest BCUT2D eigenvalue weighted by Crippen LogP contribution is -2.44. The third kappa shape index (κ3) is 1.87. The van der Waals surface area contributed by atoms with Gasteiger partial charge in [0.25, 0.3) is 5.91 Å². The normalized spacial score (nSPS) is 28.7. The van der Waals surface area contributed by atoms with E-state index >= 15 is 0 Å². The Morgan fingerprint density at radius 1 is 1.38 bits per heavy atom. The van der Waals surface area contributed by atoms with Crippen molar-refractivity contribution in [1.82, 2.24) is 4.90 Å². The summed E-state index contributed by atoms with van der Waals surface area (Å²) in [6, 6.07) is 7.37.